The van der Waals surface area contributed by atoms with Gasteiger partial charge in [-0.3, -0.25) is 4.79 Å². The summed E-state index contributed by atoms with van der Waals surface area (Å²) < 4.78 is 10.2. The molecule has 136 valence electrons. The lowest BCUT2D eigenvalue weighted by Gasteiger charge is -2.17. The third-order valence-corrected chi connectivity index (χ3v) is 3.62. The summed E-state index contributed by atoms with van der Waals surface area (Å²) in [5, 5.41) is 2.39. The number of Topliss-reactive ketones (excluding diaryl/α,β-unsaturated/α-hetero) is 1. The highest BCUT2D eigenvalue weighted by atomic mass is 16.6. The number of esters is 1. The largest absolute Gasteiger partial charge is 0.453 e. The zero-order chi connectivity index (χ0) is 18.9. The second-order valence-corrected chi connectivity index (χ2v) is 5.74. The average Bonchev–Trinajstić information content (AvgIpc) is 2.67. The van der Waals surface area contributed by atoms with Gasteiger partial charge < -0.3 is 14.8 Å². The molecule has 1 amide bonds. The highest BCUT2D eigenvalue weighted by Gasteiger charge is 2.24. The quantitative estimate of drug-likeness (QED) is 0.610. The molecule has 0 unspecified atom stereocenters. The van der Waals surface area contributed by atoms with Crippen LogP contribution in [0.4, 0.5) is 4.79 Å². The third-order valence-electron chi connectivity index (χ3n) is 3.62. The van der Waals surface area contributed by atoms with Gasteiger partial charge in [-0.15, -0.1) is 0 Å². The van der Waals surface area contributed by atoms with Crippen molar-refractivity contribution in [3.63, 3.8) is 0 Å². The topological polar surface area (TPSA) is 81.7 Å². The number of ketones is 1. The summed E-state index contributed by atoms with van der Waals surface area (Å²) in [5.41, 5.74) is 1.29. The molecule has 2 rings (SSSR count). The summed E-state index contributed by atoms with van der Waals surface area (Å²) in [6.45, 7) is 3.05. The Bertz CT molecular complexity index is 745. The van der Waals surface area contributed by atoms with E-state index in [9.17, 15) is 14.4 Å². The van der Waals surface area contributed by atoms with Crippen LogP contribution in [0.5, 0.6) is 0 Å². The van der Waals surface area contributed by atoms with Gasteiger partial charge in [-0.2, -0.15) is 0 Å². The highest BCUT2D eigenvalue weighted by Crippen LogP contribution is 2.07. The van der Waals surface area contributed by atoms with Crippen molar-refractivity contribution in [2.24, 2.45) is 0 Å². The normalized spacial score (nSPS) is 12.5. The Hall–Kier alpha value is -3.15. The molecule has 0 aliphatic heterocycles. The van der Waals surface area contributed by atoms with Crippen LogP contribution in [0, 0.1) is 0 Å². The zero-order valence-corrected chi connectivity index (χ0v) is 14.7. The monoisotopic (exact) mass is 355 g/mol. The number of carbonyl (C=O) groups excluding carboxylic acids is 3. The fraction of sp³-hybridized carbons (Fsp3) is 0.250. The van der Waals surface area contributed by atoms with Gasteiger partial charge in [-0.1, -0.05) is 60.7 Å². The molecule has 2 aromatic rings. The van der Waals surface area contributed by atoms with Crippen LogP contribution in [0.3, 0.4) is 0 Å². The molecule has 0 radical (unpaired) electrons. The van der Waals surface area contributed by atoms with Gasteiger partial charge in [0.05, 0.1) is 0 Å². The number of hydrogen-bond acceptors (Lipinski definition) is 5. The number of ether oxygens (including phenoxy) is 2. The van der Waals surface area contributed by atoms with E-state index in [0.717, 1.165) is 5.56 Å². The minimum atomic E-state index is -0.950. The number of carbonyl (C=O) groups is 3. The van der Waals surface area contributed by atoms with Crippen molar-refractivity contribution < 1.29 is 23.9 Å². The van der Waals surface area contributed by atoms with E-state index in [1.165, 1.54) is 13.8 Å². The molecule has 0 spiro atoms. The maximum atomic E-state index is 12.2. The van der Waals surface area contributed by atoms with Gasteiger partial charge in [0.1, 0.15) is 12.6 Å². The van der Waals surface area contributed by atoms with E-state index in [1.54, 1.807) is 30.3 Å². The van der Waals surface area contributed by atoms with Gasteiger partial charge in [0.2, 0.25) is 5.78 Å². The Morgan fingerprint density at radius 2 is 1.50 bits per heavy atom. The number of hydrogen-bond donors (Lipinski definition) is 1. The molecular formula is C20H21NO5. The van der Waals surface area contributed by atoms with Crippen molar-refractivity contribution in [2.75, 3.05) is 0 Å². The minimum Gasteiger partial charge on any atom is -0.453 e. The summed E-state index contributed by atoms with van der Waals surface area (Å²) in [4.78, 5) is 36.0. The molecule has 0 aliphatic carbocycles. The summed E-state index contributed by atoms with van der Waals surface area (Å²) in [6.07, 6.45) is -1.69. The predicted octanol–water partition coefficient (Wildman–Crippen LogP) is 3.12. The fourth-order valence-corrected chi connectivity index (χ4v) is 2.17. The van der Waals surface area contributed by atoms with E-state index < -0.39 is 24.2 Å². The molecule has 0 saturated carbocycles. The van der Waals surface area contributed by atoms with Gasteiger partial charge in [0, 0.05) is 5.56 Å². The Kier molecular flexibility index (Phi) is 6.91. The number of rotatable bonds is 7. The van der Waals surface area contributed by atoms with Crippen molar-refractivity contribution in [3.8, 4) is 0 Å². The minimum absolute atomic E-state index is 0.0946. The Balaban J connectivity index is 1.79. The molecule has 0 aromatic heterocycles. The van der Waals surface area contributed by atoms with Gasteiger partial charge in [0.15, 0.2) is 6.10 Å². The summed E-state index contributed by atoms with van der Waals surface area (Å²) in [6, 6.07) is 16.8. The highest BCUT2D eigenvalue weighted by molar-refractivity contribution is 6.00. The van der Waals surface area contributed by atoms with Crippen molar-refractivity contribution in [1.82, 2.24) is 5.32 Å². The first-order valence-electron chi connectivity index (χ1n) is 8.24. The molecule has 26 heavy (non-hydrogen) atoms. The Morgan fingerprint density at radius 1 is 0.923 bits per heavy atom. The molecule has 1 N–H and O–H groups in total. The van der Waals surface area contributed by atoms with E-state index in [2.05, 4.69) is 5.32 Å². The van der Waals surface area contributed by atoms with E-state index in [0.29, 0.717) is 5.56 Å². The summed E-state index contributed by atoms with van der Waals surface area (Å²) >= 11 is 0. The molecule has 0 bridgehead atoms. The van der Waals surface area contributed by atoms with Crippen LogP contribution < -0.4 is 5.32 Å². The van der Waals surface area contributed by atoms with Crippen molar-refractivity contribution in [1.29, 1.82) is 0 Å². The maximum absolute atomic E-state index is 12.2. The van der Waals surface area contributed by atoms with Gasteiger partial charge in [0.25, 0.3) is 0 Å². The molecule has 6 nitrogen and oxygen atoms in total. The van der Waals surface area contributed by atoms with Gasteiger partial charge in [-0.05, 0) is 19.4 Å². The zero-order valence-electron chi connectivity index (χ0n) is 14.7. The second kappa shape index (κ2) is 9.36. The first kappa shape index (κ1) is 19.2. The first-order chi connectivity index (χ1) is 12.5. The summed E-state index contributed by atoms with van der Waals surface area (Å²) in [5.74, 6) is -1.02. The maximum Gasteiger partial charge on any atom is 0.408 e. The number of benzene rings is 2. The lowest BCUT2D eigenvalue weighted by molar-refractivity contribution is -0.148. The molecule has 0 aliphatic rings. The van der Waals surface area contributed by atoms with E-state index in [1.807, 2.05) is 30.3 Å². The van der Waals surface area contributed by atoms with Gasteiger partial charge >= 0.3 is 12.1 Å². The summed E-state index contributed by atoms with van der Waals surface area (Å²) in [7, 11) is 0. The third kappa shape index (κ3) is 5.73. The van der Waals surface area contributed by atoms with Crippen molar-refractivity contribution >= 4 is 17.8 Å². The fourth-order valence-electron chi connectivity index (χ4n) is 2.17. The number of amides is 1. The van der Waals surface area contributed by atoms with Crippen molar-refractivity contribution in [2.45, 2.75) is 32.6 Å². The lowest BCUT2D eigenvalue weighted by atomic mass is 10.1. The lowest BCUT2D eigenvalue weighted by Crippen LogP contribution is -2.41. The van der Waals surface area contributed by atoms with Crippen LogP contribution in [0.25, 0.3) is 0 Å². The van der Waals surface area contributed by atoms with Crippen molar-refractivity contribution in [3.05, 3.63) is 71.8 Å². The first-order valence-corrected chi connectivity index (χ1v) is 8.24. The van der Waals surface area contributed by atoms with Crippen LogP contribution >= 0.6 is 0 Å². The smallest absolute Gasteiger partial charge is 0.408 e. The van der Waals surface area contributed by atoms with Crippen LogP contribution in [-0.2, 0) is 20.9 Å². The Labute approximate surface area is 152 Å². The molecule has 2 atom stereocenters. The van der Waals surface area contributed by atoms with Crippen LogP contribution in [0.1, 0.15) is 29.8 Å². The molecule has 0 fully saturated rings. The molecule has 0 saturated heterocycles. The van der Waals surface area contributed by atoms with Crippen LogP contribution in [0.15, 0.2) is 60.7 Å². The van der Waals surface area contributed by atoms with Crippen LogP contribution in [0.2, 0.25) is 0 Å². The van der Waals surface area contributed by atoms with E-state index in [-0.39, 0.29) is 12.4 Å². The molecule has 2 aromatic carbocycles. The second-order valence-electron chi connectivity index (χ2n) is 5.74. The van der Waals surface area contributed by atoms with E-state index in [4.69, 9.17) is 9.47 Å². The number of alkyl carbamates (subject to hydrolysis) is 1. The molecular weight excluding hydrogens is 334 g/mol. The van der Waals surface area contributed by atoms with E-state index >= 15 is 0 Å². The SMILES string of the molecule is C[C@H](OC(=O)[C@@H](C)NC(=O)OCc1ccccc1)C(=O)c1ccccc1. The molecule has 6 heteroatoms. The van der Waals surface area contributed by atoms with Gasteiger partial charge in [-0.25, -0.2) is 9.59 Å². The number of nitrogens with one attached hydrogen (secondary N) is 1. The van der Waals surface area contributed by atoms with Crippen LogP contribution in [-0.4, -0.2) is 30.0 Å². The Morgan fingerprint density at radius 3 is 2.12 bits per heavy atom. The molecule has 0 heterocycles. The standard InChI is InChI=1S/C20H21NO5/c1-14(21-20(24)25-13-16-9-5-3-6-10-16)19(23)26-15(2)18(22)17-11-7-4-8-12-17/h3-12,14-15H,13H2,1-2H3,(H,21,24)/t14-,15+/m1/s1. The predicted molar refractivity (Wildman–Crippen MR) is 95.6 cm³/mol. The average molecular weight is 355 g/mol.